The van der Waals surface area contributed by atoms with E-state index < -0.39 is 0 Å². The van der Waals surface area contributed by atoms with Gasteiger partial charge in [0.25, 0.3) is 0 Å². The van der Waals surface area contributed by atoms with E-state index in [1.165, 1.54) is 14.2 Å². The molecule has 1 aromatic carbocycles. The number of ether oxygens (including phenoxy) is 3. The molecule has 1 rings (SSSR count). The quantitative estimate of drug-likeness (QED) is 0.714. The van der Waals surface area contributed by atoms with Gasteiger partial charge in [0, 0.05) is 13.5 Å². The summed E-state index contributed by atoms with van der Waals surface area (Å²) < 4.78 is 15.5. The Labute approximate surface area is 101 Å². The van der Waals surface area contributed by atoms with Crippen LogP contribution >= 0.6 is 0 Å². The Morgan fingerprint density at radius 1 is 1.12 bits per heavy atom. The number of Topliss-reactive ketones (excluding diaryl/α,β-unsaturated/α-hetero) is 1. The van der Waals surface area contributed by atoms with Crippen molar-refractivity contribution in [2.45, 2.75) is 20.0 Å². The molecular formula is C13H18O4. The van der Waals surface area contributed by atoms with Crippen LogP contribution < -0.4 is 9.47 Å². The first-order valence-electron chi connectivity index (χ1n) is 5.44. The number of ketones is 1. The van der Waals surface area contributed by atoms with E-state index in [4.69, 9.17) is 14.2 Å². The van der Waals surface area contributed by atoms with Gasteiger partial charge in [0.1, 0.15) is 17.1 Å². The summed E-state index contributed by atoms with van der Waals surface area (Å²) in [5.74, 6) is 1.06. The molecule has 0 aliphatic carbocycles. The van der Waals surface area contributed by atoms with Crippen LogP contribution in [0, 0.1) is 0 Å². The maximum Gasteiger partial charge on any atom is 0.170 e. The Bertz CT molecular complexity index is 373. The van der Waals surface area contributed by atoms with Crippen molar-refractivity contribution in [3.05, 3.63) is 23.3 Å². The molecule has 0 heterocycles. The Morgan fingerprint density at radius 2 is 1.65 bits per heavy atom. The zero-order valence-corrected chi connectivity index (χ0v) is 10.7. The number of methoxy groups -OCH3 is 3. The summed E-state index contributed by atoms with van der Waals surface area (Å²) in [6, 6.07) is 3.60. The molecule has 0 saturated carbocycles. The third-order valence-electron chi connectivity index (χ3n) is 2.48. The lowest BCUT2D eigenvalue weighted by Gasteiger charge is -2.13. The molecule has 17 heavy (non-hydrogen) atoms. The van der Waals surface area contributed by atoms with E-state index in [1.54, 1.807) is 19.2 Å². The normalized spacial score (nSPS) is 10.1. The van der Waals surface area contributed by atoms with Crippen LogP contribution in [0.2, 0.25) is 0 Å². The van der Waals surface area contributed by atoms with Crippen molar-refractivity contribution >= 4 is 5.78 Å². The lowest BCUT2D eigenvalue weighted by atomic mass is 10.0. The molecule has 0 atom stereocenters. The van der Waals surface area contributed by atoms with Gasteiger partial charge in [0.05, 0.1) is 20.8 Å². The smallest absolute Gasteiger partial charge is 0.170 e. The van der Waals surface area contributed by atoms with Gasteiger partial charge in [-0.05, 0) is 17.7 Å². The summed E-state index contributed by atoms with van der Waals surface area (Å²) >= 11 is 0. The van der Waals surface area contributed by atoms with E-state index in [0.29, 0.717) is 30.1 Å². The highest BCUT2D eigenvalue weighted by Crippen LogP contribution is 2.31. The van der Waals surface area contributed by atoms with Crippen LogP contribution in [0.1, 0.15) is 29.3 Å². The second kappa shape index (κ2) is 6.25. The Hall–Kier alpha value is -1.55. The molecule has 0 N–H and O–H groups in total. The van der Waals surface area contributed by atoms with Crippen LogP contribution in [0.15, 0.2) is 12.1 Å². The topological polar surface area (TPSA) is 44.8 Å². The van der Waals surface area contributed by atoms with Crippen molar-refractivity contribution in [3.63, 3.8) is 0 Å². The van der Waals surface area contributed by atoms with Crippen molar-refractivity contribution in [2.24, 2.45) is 0 Å². The van der Waals surface area contributed by atoms with E-state index in [9.17, 15) is 4.79 Å². The number of carbonyl (C=O) groups is 1. The molecule has 0 amide bonds. The molecular weight excluding hydrogens is 220 g/mol. The Kier molecular flexibility index (Phi) is 4.97. The van der Waals surface area contributed by atoms with Gasteiger partial charge >= 0.3 is 0 Å². The first kappa shape index (κ1) is 13.5. The molecule has 4 heteroatoms. The summed E-state index contributed by atoms with van der Waals surface area (Å²) in [7, 11) is 4.69. The van der Waals surface area contributed by atoms with Crippen LogP contribution in [0.4, 0.5) is 0 Å². The predicted molar refractivity (Wildman–Crippen MR) is 64.9 cm³/mol. The maximum absolute atomic E-state index is 11.9. The molecule has 0 aliphatic heterocycles. The minimum atomic E-state index is 0.00247. The molecule has 94 valence electrons. The zero-order valence-electron chi connectivity index (χ0n) is 10.7. The van der Waals surface area contributed by atoms with Gasteiger partial charge in [-0.25, -0.2) is 0 Å². The fourth-order valence-corrected chi connectivity index (χ4v) is 1.67. The summed E-state index contributed by atoms with van der Waals surface area (Å²) in [6.45, 7) is 2.26. The van der Waals surface area contributed by atoms with Crippen molar-refractivity contribution in [1.82, 2.24) is 0 Å². The number of hydrogen-bond donors (Lipinski definition) is 0. The fourth-order valence-electron chi connectivity index (χ4n) is 1.67. The van der Waals surface area contributed by atoms with Gasteiger partial charge in [-0.15, -0.1) is 0 Å². The predicted octanol–water partition coefficient (Wildman–Crippen LogP) is 2.44. The van der Waals surface area contributed by atoms with Crippen molar-refractivity contribution in [1.29, 1.82) is 0 Å². The first-order chi connectivity index (χ1) is 8.17. The molecule has 0 saturated heterocycles. The number of rotatable bonds is 6. The van der Waals surface area contributed by atoms with Gasteiger partial charge in [0.15, 0.2) is 5.78 Å². The highest BCUT2D eigenvalue weighted by atomic mass is 16.5. The minimum Gasteiger partial charge on any atom is -0.496 e. The highest BCUT2D eigenvalue weighted by molar-refractivity contribution is 6.01. The lowest BCUT2D eigenvalue weighted by Crippen LogP contribution is -2.05. The van der Waals surface area contributed by atoms with Gasteiger partial charge in [-0.3, -0.25) is 4.79 Å². The van der Waals surface area contributed by atoms with Crippen LogP contribution in [0.5, 0.6) is 11.5 Å². The van der Waals surface area contributed by atoms with Crippen molar-refractivity contribution < 1.29 is 19.0 Å². The molecule has 0 aliphatic rings. The number of carbonyl (C=O) groups excluding carboxylic acids is 1. The van der Waals surface area contributed by atoms with Crippen LogP contribution in [-0.4, -0.2) is 27.1 Å². The van der Waals surface area contributed by atoms with Crippen molar-refractivity contribution in [3.8, 4) is 11.5 Å². The molecule has 0 aromatic heterocycles. The fraction of sp³-hybridized carbons (Fsp3) is 0.462. The van der Waals surface area contributed by atoms with E-state index in [2.05, 4.69) is 0 Å². The average molecular weight is 238 g/mol. The third kappa shape index (κ3) is 2.97. The second-order valence-corrected chi connectivity index (χ2v) is 3.59. The van der Waals surface area contributed by atoms with Crippen LogP contribution in [0.25, 0.3) is 0 Å². The van der Waals surface area contributed by atoms with Crippen LogP contribution in [0.3, 0.4) is 0 Å². The lowest BCUT2D eigenvalue weighted by molar-refractivity contribution is 0.0982. The Balaban J connectivity index is 3.30. The molecule has 4 nitrogen and oxygen atoms in total. The highest BCUT2D eigenvalue weighted by Gasteiger charge is 2.18. The maximum atomic E-state index is 11.9. The molecule has 0 spiro atoms. The molecule has 0 bridgehead atoms. The van der Waals surface area contributed by atoms with Crippen LogP contribution in [-0.2, 0) is 11.3 Å². The number of hydrogen-bond acceptors (Lipinski definition) is 4. The monoisotopic (exact) mass is 238 g/mol. The van der Waals surface area contributed by atoms with Gasteiger partial charge < -0.3 is 14.2 Å². The van der Waals surface area contributed by atoms with E-state index >= 15 is 0 Å². The third-order valence-corrected chi connectivity index (χ3v) is 2.48. The van der Waals surface area contributed by atoms with Crippen molar-refractivity contribution in [2.75, 3.05) is 21.3 Å². The second-order valence-electron chi connectivity index (χ2n) is 3.59. The van der Waals surface area contributed by atoms with Gasteiger partial charge in [-0.1, -0.05) is 6.92 Å². The van der Waals surface area contributed by atoms with E-state index in [1.807, 2.05) is 6.92 Å². The number of benzene rings is 1. The largest absolute Gasteiger partial charge is 0.496 e. The molecule has 0 radical (unpaired) electrons. The van der Waals surface area contributed by atoms with Gasteiger partial charge in [-0.2, -0.15) is 0 Å². The summed E-state index contributed by atoms with van der Waals surface area (Å²) in [5.41, 5.74) is 1.41. The summed E-state index contributed by atoms with van der Waals surface area (Å²) in [5, 5.41) is 0. The first-order valence-corrected chi connectivity index (χ1v) is 5.44. The summed E-state index contributed by atoms with van der Waals surface area (Å²) in [6.07, 6.45) is 0.413. The minimum absolute atomic E-state index is 0.00247. The SMILES string of the molecule is CCC(=O)c1c(OC)cc(COC)cc1OC. The molecule has 0 fully saturated rings. The standard InChI is InChI=1S/C13H18O4/c1-5-10(14)13-11(16-3)6-9(8-15-2)7-12(13)17-4/h6-7H,5,8H2,1-4H3. The molecule has 1 aromatic rings. The molecule has 0 unspecified atom stereocenters. The van der Waals surface area contributed by atoms with Gasteiger partial charge in [0.2, 0.25) is 0 Å². The Morgan fingerprint density at radius 3 is 2.00 bits per heavy atom. The average Bonchev–Trinajstić information content (AvgIpc) is 2.37. The zero-order chi connectivity index (χ0) is 12.8. The van der Waals surface area contributed by atoms with E-state index in [-0.39, 0.29) is 5.78 Å². The van der Waals surface area contributed by atoms with E-state index in [0.717, 1.165) is 5.56 Å². The summed E-state index contributed by atoms with van der Waals surface area (Å²) in [4.78, 5) is 11.9.